The Morgan fingerprint density at radius 3 is 2.48 bits per heavy atom. The van der Waals surface area contributed by atoms with E-state index in [0.29, 0.717) is 6.42 Å². The van der Waals surface area contributed by atoms with Gasteiger partial charge >= 0.3 is 0 Å². The monoisotopic (exact) mass is 410 g/mol. The van der Waals surface area contributed by atoms with Crippen molar-refractivity contribution in [3.63, 3.8) is 0 Å². The summed E-state index contributed by atoms with van der Waals surface area (Å²) in [5, 5.41) is 0. The van der Waals surface area contributed by atoms with E-state index in [9.17, 15) is 0 Å². The fourth-order valence-corrected chi connectivity index (χ4v) is 4.45. The highest BCUT2D eigenvalue weighted by molar-refractivity contribution is 6.10. The number of aromatic nitrogens is 2. The van der Waals surface area contributed by atoms with Crippen LogP contribution in [0.15, 0.2) is 78.0 Å². The maximum atomic E-state index is 5.06. The van der Waals surface area contributed by atoms with Gasteiger partial charge in [-0.05, 0) is 30.6 Å². The molecule has 31 heavy (non-hydrogen) atoms. The highest BCUT2D eigenvalue weighted by Gasteiger charge is 2.32. The van der Waals surface area contributed by atoms with Crippen LogP contribution in [0.25, 0.3) is 0 Å². The molecule has 0 saturated heterocycles. The predicted molar refractivity (Wildman–Crippen MR) is 129 cm³/mol. The van der Waals surface area contributed by atoms with Gasteiger partial charge in [0.1, 0.15) is 5.82 Å². The molecule has 0 fully saturated rings. The van der Waals surface area contributed by atoms with Crippen LogP contribution in [-0.2, 0) is 11.8 Å². The van der Waals surface area contributed by atoms with E-state index in [1.807, 2.05) is 12.3 Å². The molecular weight excluding hydrogens is 380 g/mol. The Labute approximate surface area is 185 Å². The minimum atomic E-state index is -0.122. The van der Waals surface area contributed by atoms with Gasteiger partial charge in [0.15, 0.2) is 0 Å². The van der Waals surface area contributed by atoms with Crippen molar-refractivity contribution in [3.05, 3.63) is 96.3 Å². The summed E-state index contributed by atoms with van der Waals surface area (Å²) in [4.78, 5) is 19.5. The standard InChI is InChI=1S/C27H30N4/c1-7-22-19-12-10-9-11-18(19)20-13-14-24-21(16-28-26(31-24)27(4,5)6)23(8-2)29-17(3)15-25(20)30-22/h7-12,16,20,25H,1-3,13-15H2,4-6H3. The fourth-order valence-electron chi connectivity index (χ4n) is 4.45. The second kappa shape index (κ2) is 8.18. The molecule has 0 amide bonds. The number of rotatable bonds is 2. The van der Waals surface area contributed by atoms with Crippen molar-refractivity contribution in [1.29, 1.82) is 0 Å². The molecule has 158 valence electrons. The van der Waals surface area contributed by atoms with Crippen LogP contribution in [0.2, 0.25) is 0 Å². The average Bonchev–Trinajstić information content (AvgIpc) is 2.75. The van der Waals surface area contributed by atoms with E-state index < -0.39 is 0 Å². The molecule has 0 N–H and O–H groups in total. The molecule has 2 aromatic rings. The number of hydrogen-bond donors (Lipinski definition) is 0. The van der Waals surface area contributed by atoms with Crippen molar-refractivity contribution >= 4 is 11.4 Å². The molecule has 0 bridgehead atoms. The number of aryl methyl sites for hydroxylation is 1. The number of fused-ring (bicyclic) bond motifs is 4. The first-order chi connectivity index (χ1) is 14.8. The van der Waals surface area contributed by atoms with Crippen LogP contribution in [0, 0.1) is 0 Å². The minimum absolute atomic E-state index is 0.0793. The molecule has 0 aliphatic carbocycles. The smallest absolute Gasteiger partial charge is 0.133 e. The molecule has 2 aliphatic heterocycles. The van der Waals surface area contributed by atoms with Crippen LogP contribution < -0.4 is 0 Å². The summed E-state index contributed by atoms with van der Waals surface area (Å²) in [6, 6.07) is 8.62. The van der Waals surface area contributed by atoms with Gasteiger partial charge in [0.2, 0.25) is 0 Å². The number of aliphatic imine (C=N–C) groups is 2. The zero-order valence-corrected chi connectivity index (χ0v) is 18.7. The molecule has 2 unspecified atom stereocenters. The van der Waals surface area contributed by atoms with Crippen molar-refractivity contribution in [1.82, 2.24) is 9.97 Å². The van der Waals surface area contributed by atoms with E-state index in [0.717, 1.165) is 47.0 Å². The first-order valence-corrected chi connectivity index (χ1v) is 10.9. The maximum absolute atomic E-state index is 5.06. The quantitative estimate of drug-likeness (QED) is 0.634. The molecule has 4 heteroatoms. The largest absolute Gasteiger partial charge is 0.280 e. The number of allylic oxidation sites excluding steroid dienone is 2. The van der Waals surface area contributed by atoms with Crippen LogP contribution >= 0.6 is 0 Å². The summed E-state index contributed by atoms with van der Waals surface area (Å²) in [5.74, 6) is 1.12. The summed E-state index contributed by atoms with van der Waals surface area (Å²) in [6.07, 6.45) is 8.00. The highest BCUT2D eigenvalue weighted by atomic mass is 14.9. The van der Waals surface area contributed by atoms with Crippen molar-refractivity contribution in [3.8, 4) is 0 Å². The van der Waals surface area contributed by atoms with Crippen LogP contribution in [0.1, 0.15) is 67.7 Å². The number of hydrogen-bond acceptors (Lipinski definition) is 4. The van der Waals surface area contributed by atoms with E-state index in [4.69, 9.17) is 15.0 Å². The number of benzene rings is 1. The van der Waals surface area contributed by atoms with E-state index in [-0.39, 0.29) is 17.4 Å². The molecule has 0 radical (unpaired) electrons. The predicted octanol–water partition coefficient (Wildman–Crippen LogP) is 5.74. The van der Waals surface area contributed by atoms with Gasteiger partial charge in [-0.1, -0.05) is 64.8 Å². The lowest BCUT2D eigenvalue weighted by Crippen LogP contribution is -2.28. The molecule has 0 saturated carbocycles. The zero-order valence-electron chi connectivity index (χ0n) is 18.7. The Bertz CT molecular complexity index is 1110. The third-order valence-corrected chi connectivity index (χ3v) is 6.02. The Kier molecular flexibility index (Phi) is 5.57. The van der Waals surface area contributed by atoms with E-state index >= 15 is 0 Å². The first kappa shape index (κ1) is 21.1. The van der Waals surface area contributed by atoms with Crippen LogP contribution in [0.4, 0.5) is 0 Å². The Balaban J connectivity index is 1.84. The van der Waals surface area contributed by atoms with E-state index in [1.165, 1.54) is 11.1 Å². The molecule has 4 rings (SSSR count). The third-order valence-electron chi connectivity index (χ3n) is 6.02. The summed E-state index contributed by atoms with van der Waals surface area (Å²) >= 11 is 0. The molecule has 4 nitrogen and oxygen atoms in total. The van der Waals surface area contributed by atoms with Crippen molar-refractivity contribution in [2.24, 2.45) is 9.98 Å². The summed E-state index contributed by atoms with van der Waals surface area (Å²) in [5.41, 5.74) is 6.87. The number of nitrogens with zero attached hydrogens (tertiary/aromatic N) is 4. The lowest BCUT2D eigenvalue weighted by molar-refractivity contribution is 0.484. The molecule has 1 aromatic carbocycles. The Hall–Kier alpha value is -3.14. The summed E-state index contributed by atoms with van der Waals surface area (Å²) in [7, 11) is 0. The second-order valence-electron chi connectivity index (χ2n) is 9.29. The average molecular weight is 411 g/mol. The van der Waals surface area contributed by atoms with E-state index in [2.05, 4.69) is 69.8 Å². The summed E-state index contributed by atoms with van der Waals surface area (Å²) < 4.78 is 0. The van der Waals surface area contributed by atoms with Gasteiger partial charge in [0.05, 0.1) is 23.2 Å². The lowest BCUT2D eigenvalue weighted by Gasteiger charge is -2.32. The van der Waals surface area contributed by atoms with Crippen LogP contribution in [-0.4, -0.2) is 27.4 Å². The topological polar surface area (TPSA) is 50.5 Å². The van der Waals surface area contributed by atoms with Gasteiger partial charge in [-0.2, -0.15) is 0 Å². The maximum Gasteiger partial charge on any atom is 0.133 e. The molecule has 2 aliphatic rings. The van der Waals surface area contributed by atoms with Crippen LogP contribution in [0.3, 0.4) is 0 Å². The van der Waals surface area contributed by atoms with E-state index in [1.54, 1.807) is 6.08 Å². The molecule has 3 heterocycles. The van der Waals surface area contributed by atoms with Gasteiger partial charge in [-0.15, -0.1) is 0 Å². The normalized spacial score (nSPS) is 21.1. The van der Waals surface area contributed by atoms with Crippen molar-refractivity contribution < 1.29 is 0 Å². The van der Waals surface area contributed by atoms with Crippen molar-refractivity contribution in [2.45, 2.75) is 57.4 Å². The highest BCUT2D eigenvalue weighted by Crippen LogP contribution is 2.38. The SMILES string of the molecule is C=CC1=NC2CC(=C)N=C(C=C)c3cnc(C(C)(C)C)nc3CCC2c2ccccc21. The second-order valence-corrected chi connectivity index (χ2v) is 9.29. The molecule has 1 aromatic heterocycles. The summed E-state index contributed by atoms with van der Waals surface area (Å²) in [6.45, 7) is 18.6. The van der Waals surface area contributed by atoms with Gasteiger partial charge in [-0.25, -0.2) is 9.97 Å². The molecule has 0 spiro atoms. The van der Waals surface area contributed by atoms with Crippen molar-refractivity contribution in [2.75, 3.05) is 0 Å². The van der Waals surface area contributed by atoms with Gasteiger partial charge in [-0.3, -0.25) is 9.98 Å². The fraction of sp³-hybridized carbons (Fsp3) is 0.333. The Morgan fingerprint density at radius 1 is 1.03 bits per heavy atom. The third kappa shape index (κ3) is 4.07. The lowest BCUT2D eigenvalue weighted by atomic mass is 9.79. The Morgan fingerprint density at radius 2 is 1.77 bits per heavy atom. The van der Waals surface area contributed by atoms with Gasteiger partial charge in [0, 0.05) is 40.8 Å². The molecular formula is C27H30N4. The van der Waals surface area contributed by atoms with Gasteiger partial charge in [0.25, 0.3) is 0 Å². The molecule has 2 atom stereocenters. The van der Waals surface area contributed by atoms with Gasteiger partial charge < -0.3 is 0 Å². The van der Waals surface area contributed by atoms with Crippen LogP contribution in [0.5, 0.6) is 0 Å². The first-order valence-electron chi connectivity index (χ1n) is 10.9. The minimum Gasteiger partial charge on any atom is -0.280 e. The zero-order chi connectivity index (χ0) is 22.2.